The summed E-state index contributed by atoms with van der Waals surface area (Å²) in [6.45, 7) is 5.01. The molecule has 5 nitrogen and oxygen atoms in total. The van der Waals surface area contributed by atoms with E-state index in [-0.39, 0.29) is 11.8 Å². The number of aryl methyl sites for hydroxylation is 1. The van der Waals surface area contributed by atoms with Crippen molar-refractivity contribution in [2.75, 3.05) is 19.4 Å². The van der Waals surface area contributed by atoms with Crippen LogP contribution < -0.4 is 10.1 Å². The topological polar surface area (TPSA) is 58.6 Å². The number of ether oxygens (including phenoxy) is 1. The van der Waals surface area contributed by atoms with Gasteiger partial charge in [0.2, 0.25) is 11.8 Å². The van der Waals surface area contributed by atoms with Crippen LogP contribution in [0.1, 0.15) is 35.6 Å². The van der Waals surface area contributed by atoms with E-state index in [2.05, 4.69) is 24.4 Å². The van der Waals surface area contributed by atoms with Gasteiger partial charge in [-0.05, 0) is 47.7 Å². The van der Waals surface area contributed by atoms with Crippen molar-refractivity contribution in [1.29, 1.82) is 0 Å². The zero-order chi connectivity index (χ0) is 25.8. The van der Waals surface area contributed by atoms with Crippen LogP contribution in [0.3, 0.4) is 0 Å². The summed E-state index contributed by atoms with van der Waals surface area (Å²) in [5, 5.41) is 3.02. The molecule has 0 saturated carbocycles. The first kappa shape index (κ1) is 27.3. The summed E-state index contributed by atoms with van der Waals surface area (Å²) >= 11 is 1.58. The zero-order valence-electron chi connectivity index (χ0n) is 21.4. The van der Waals surface area contributed by atoms with E-state index in [4.69, 9.17) is 4.74 Å². The number of thioether (sulfide) groups is 1. The molecule has 0 heterocycles. The Morgan fingerprint density at radius 3 is 2.42 bits per heavy atom. The van der Waals surface area contributed by atoms with Crippen LogP contribution in [0.5, 0.6) is 5.75 Å². The summed E-state index contributed by atoms with van der Waals surface area (Å²) in [5.74, 6) is 1.59. The summed E-state index contributed by atoms with van der Waals surface area (Å²) in [6.07, 6.45) is 1.29. The van der Waals surface area contributed by atoms with Gasteiger partial charge in [-0.2, -0.15) is 0 Å². The molecule has 0 aromatic heterocycles. The van der Waals surface area contributed by atoms with Gasteiger partial charge in [-0.25, -0.2) is 0 Å². The maximum Gasteiger partial charge on any atom is 0.243 e. The number of hydrogen-bond donors (Lipinski definition) is 1. The quantitative estimate of drug-likeness (QED) is 0.338. The second-order valence-electron chi connectivity index (χ2n) is 8.79. The minimum atomic E-state index is -0.614. The molecule has 3 aromatic carbocycles. The Morgan fingerprint density at radius 2 is 1.69 bits per heavy atom. The fourth-order valence-corrected chi connectivity index (χ4v) is 4.98. The van der Waals surface area contributed by atoms with Crippen molar-refractivity contribution in [2.24, 2.45) is 0 Å². The normalized spacial score (nSPS) is 11.5. The van der Waals surface area contributed by atoms with Crippen LogP contribution in [-0.2, 0) is 28.3 Å². The lowest BCUT2D eigenvalue weighted by Crippen LogP contribution is -2.51. The van der Waals surface area contributed by atoms with Crippen LogP contribution in [0.4, 0.5) is 0 Å². The summed E-state index contributed by atoms with van der Waals surface area (Å²) in [7, 11) is 1.63. The highest BCUT2D eigenvalue weighted by molar-refractivity contribution is 7.99. The standard InChI is InChI=1S/C30H36N2O3S/c1-4-17-31-30(34)28(19-24-12-6-5-7-13-24)32(20-25-14-10-16-27(18-25)35-3)29(33)22-36-21-26-15-9-8-11-23(26)2/h5-16,18,28H,4,17,19-22H2,1-3H3,(H,31,34)/t28-/m0/s1. The van der Waals surface area contributed by atoms with Crippen molar-refractivity contribution in [1.82, 2.24) is 10.2 Å². The highest BCUT2D eigenvalue weighted by Gasteiger charge is 2.30. The van der Waals surface area contributed by atoms with Gasteiger partial charge >= 0.3 is 0 Å². The lowest BCUT2D eigenvalue weighted by molar-refractivity contribution is -0.139. The Labute approximate surface area is 219 Å². The van der Waals surface area contributed by atoms with Gasteiger partial charge in [-0.3, -0.25) is 9.59 Å². The molecule has 0 spiro atoms. The average Bonchev–Trinajstić information content (AvgIpc) is 2.91. The third kappa shape index (κ3) is 8.16. The van der Waals surface area contributed by atoms with Crippen LogP contribution in [0, 0.1) is 6.92 Å². The minimum absolute atomic E-state index is 0.0519. The monoisotopic (exact) mass is 504 g/mol. The van der Waals surface area contributed by atoms with Gasteiger partial charge in [0, 0.05) is 25.3 Å². The molecule has 0 aliphatic carbocycles. The third-order valence-electron chi connectivity index (χ3n) is 6.05. The van der Waals surface area contributed by atoms with E-state index in [9.17, 15) is 9.59 Å². The highest BCUT2D eigenvalue weighted by atomic mass is 32.2. The molecular formula is C30H36N2O3S. The van der Waals surface area contributed by atoms with Crippen molar-refractivity contribution in [3.05, 3.63) is 101 Å². The number of benzene rings is 3. The van der Waals surface area contributed by atoms with Crippen molar-refractivity contribution < 1.29 is 14.3 Å². The number of hydrogen-bond acceptors (Lipinski definition) is 4. The van der Waals surface area contributed by atoms with Gasteiger partial charge in [0.1, 0.15) is 11.8 Å². The number of carbonyl (C=O) groups is 2. The lowest BCUT2D eigenvalue weighted by Gasteiger charge is -2.31. The molecule has 0 aliphatic heterocycles. The second kappa shape index (κ2) is 14.3. The summed E-state index contributed by atoms with van der Waals surface area (Å²) < 4.78 is 5.39. The van der Waals surface area contributed by atoms with Crippen molar-refractivity contribution in [3.8, 4) is 5.75 Å². The van der Waals surface area contributed by atoms with Crippen LogP contribution in [0.2, 0.25) is 0 Å². The largest absolute Gasteiger partial charge is 0.497 e. The molecule has 3 rings (SSSR count). The van der Waals surface area contributed by atoms with E-state index in [1.807, 2.05) is 73.7 Å². The molecule has 1 atom stereocenters. The number of nitrogens with zero attached hydrogens (tertiary/aromatic N) is 1. The average molecular weight is 505 g/mol. The molecule has 6 heteroatoms. The molecule has 190 valence electrons. The Bertz CT molecular complexity index is 1120. The summed E-state index contributed by atoms with van der Waals surface area (Å²) in [6, 6.07) is 25.2. The van der Waals surface area contributed by atoms with E-state index >= 15 is 0 Å². The van der Waals surface area contributed by atoms with Crippen molar-refractivity contribution in [3.63, 3.8) is 0 Å². The van der Waals surface area contributed by atoms with Gasteiger partial charge in [0.15, 0.2) is 0 Å². The lowest BCUT2D eigenvalue weighted by atomic mass is 10.0. The van der Waals surface area contributed by atoms with E-state index in [1.54, 1.807) is 23.8 Å². The zero-order valence-corrected chi connectivity index (χ0v) is 22.2. The van der Waals surface area contributed by atoms with Gasteiger partial charge < -0.3 is 15.0 Å². The highest BCUT2D eigenvalue weighted by Crippen LogP contribution is 2.21. The molecule has 36 heavy (non-hydrogen) atoms. The first-order valence-corrected chi connectivity index (χ1v) is 13.5. The first-order valence-electron chi connectivity index (χ1n) is 12.4. The summed E-state index contributed by atoms with van der Waals surface area (Å²) in [5.41, 5.74) is 4.38. The molecule has 0 bridgehead atoms. The number of methoxy groups -OCH3 is 1. The molecule has 3 aromatic rings. The fraction of sp³-hybridized carbons (Fsp3) is 0.333. The van der Waals surface area contributed by atoms with Crippen LogP contribution in [-0.4, -0.2) is 42.2 Å². The molecule has 0 unspecified atom stereocenters. The molecule has 2 amide bonds. The van der Waals surface area contributed by atoms with E-state index < -0.39 is 6.04 Å². The van der Waals surface area contributed by atoms with Crippen LogP contribution in [0.15, 0.2) is 78.9 Å². The van der Waals surface area contributed by atoms with Gasteiger partial charge in [0.05, 0.1) is 12.9 Å². The van der Waals surface area contributed by atoms with Gasteiger partial charge in [-0.15, -0.1) is 11.8 Å². The third-order valence-corrected chi connectivity index (χ3v) is 7.02. The smallest absolute Gasteiger partial charge is 0.243 e. The SMILES string of the molecule is CCCNC(=O)[C@H](Cc1ccccc1)N(Cc1cccc(OC)c1)C(=O)CSCc1ccccc1C. The van der Waals surface area contributed by atoms with Crippen molar-refractivity contribution in [2.45, 2.75) is 45.0 Å². The Hall–Kier alpha value is -3.25. The molecule has 0 fully saturated rings. The van der Waals surface area contributed by atoms with Crippen LogP contribution in [0.25, 0.3) is 0 Å². The number of carbonyl (C=O) groups excluding carboxylic acids is 2. The number of amides is 2. The molecule has 1 N–H and O–H groups in total. The van der Waals surface area contributed by atoms with Gasteiger partial charge in [0.25, 0.3) is 0 Å². The second-order valence-corrected chi connectivity index (χ2v) is 9.77. The van der Waals surface area contributed by atoms with Crippen LogP contribution >= 0.6 is 11.8 Å². The fourth-order valence-electron chi connectivity index (χ4n) is 3.99. The van der Waals surface area contributed by atoms with E-state index in [1.165, 1.54) is 11.1 Å². The number of rotatable bonds is 13. The predicted molar refractivity (Wildman–Crippen MR) is 148 cm³/mol. The maximum atomic E-state index is 13.7. The Morgan fingerprint density at radius 1 is 0.972 bits per heavy atom. The number of nitrogens with one attached hydrogen (secondary N) is 1. The first-order chi connectivity index (χ1) is 17.5. The summed E-state index contributed by atoms with van der Waals surface area (Å²) in [4.78, 5) is 28.8. The molecule has 0 radical (unpaired) electrons. The minimum Gasteiger partial charge on any atom is -0.497 e. The molecular weight excluding hydrogens is 468 g/mol. The van der Waals surface area contributed by atoms with E-state index in [0.717, 1.165) is 29.1 Å². The Kier molecular flexibility index (Phi) is 10.9. The molecule has 0 saturated heterocycles. The predicted octanol–water partition coefficient (Wildman–Crippen LogP) is 5.40. The molecule has 0 aliphatic rings. The van der Waals surface area contributed by atoms with Gasteiger partial charge in [-0.1, -0.05) is 73.7 Å². The maximum absolute atomic E-state index is 13.7. The van der Waals surface area contributed by atoms with E-state index in [0.29, 0.717) is 25.3 Å². The van der Waals surface area contributed by atoms with Crippen molar-refractivity contribution >= 4 is 23.6 Å². The Balaban J connectivity index is 1.85.